The number of hydrogen-bond acceptors (Lipinski definition) is 2. The Balaban J connectivity index is 2.86. The molecular weight excluding hydrogens is 186 g/mol. The lowest BCUT2D eigenvalue weighted by Gasteiger charge is -2.46. The van der Waals surface area contributed by atoms with Crippen molar-refractivity contribution in [3.05, 3.63) is 0 Å². The molecule has 1 atom stereocenters. The van der Waals surface area contributed by atoms with E-state index in [9.17, 15) is 5.11 Å². The molecule has 1 aliphatic heterocycles. The number of rotatable bonds is 3. The lowest BCUT2D eigenvalue weighted by Crippen LogP contribution is -2.56. The molecule has 1 fully saturated rings. The smallest absolute Gasteiger partial charge is 0.0615 e. The van der Waals surface area contributed by atoms with Crippen molar-refractivity contribution in [2.45, 2.75) is 65.0 Å². The van der Waals surface area contributed by atoms with Crippen molar-refractivity contribution in [2.24, 2.45) is 5.92 Å². The van der Waals surface area contributed by atoms with E-state index in [2.05, 4.69) is 39.5 Å². The first kappa shape index (κ1) is 13.0. The first-order valence-corrected chi connectivity index (χ1v) is 6.20. The summed E-state index contributed by atoms with van der Waals surface area (Å²) in [6.07, 6.45) is 3.49. The second-order valence-corrected chi connectivity index (χ2v) is 6.41. The Kier molecular flexibility index (Phi) is 3.83. The monoisotopic (exact) mass is 213 g/mol. The van der Waals surface area contributed by atoms with E-state index in [1.807, 2.05) is 0 Å². The highest BCUT2D eigenvalue weighted by atomic mass is 16.3. The summed E-state index contributed by atoms with van der Waals surface area (Å²) in [4.78, 5) is 2.51. The van der Waals surface area contributed by atoms with Crippen molar-refractivity contribution in [2.75, 3.05) is 13.2 Å². The van der Waals surface area contributed by atoms with Crippen LogP contribution in [-0.4, -0.2) is 34.2 Å². The van der Waals surface area contributed by atoms with Crippen molar-refractivity contribution in [1.29, 1.82) is 0 Å². The summed E-state index contributed by atoms with van der Waals surface area (Å²) in [7, 11) is 0. The molecule has 0 amide bonds. The topological polar surface area (TPSA) is 23.5 Å². The van der Waals surface area contributed by atoms with Crippen LogP contribution in [0.3, 0.4) is 0 Å². The van der Waals surface area contributed by atoms with Crippen LogP contribution in [0.1, 0.15) is 53.9 Å². The second kappa shape index (κ2) is 4.42. The van der Waals surface area contributed by atoms with Gasteiger partial charge in [0.25, 0.3) is 0 Å². The molecule has 1 saturated heterocycles. The van der Waals surface area contributed by atoms with Gasteiger partial charge in [-0.2, -0.15) is 0 Å². The average Bonchev–Trinajstić information content (AvgIpc) is 2.47. The molecule has 0 spiro atoms. The van der Waals surface area contributed by atoms with E-state index >= 15 is 0 Å². The summed E-state index contributed by atoms with van der Waals surface area (Å²) in [6, 6.07) is 0. The first-order chi connectivity index (χ1) is 6.82. The fraction of sp³-hybridized carbons (Fsp3) is 1.00. The zero-order valence-electron chi connectivity index (χ0n) is 11.0. The number of nitrogens with zero attached hydrogens (tertiary/aromatic N) is 1. The van der Waals surface area contributed by atoms with Gasteiger partial charge >= 0.3 is 0 Å². The highest BCUT2D eigenvalue weighted by Crippen LogP contribution is 2.39. The molecule has 0 aromatic carbocycles. The van der Waals surface area contributed by atoms with Gasteiger partial charge in [-0.05, 0) is 52.5 Å². The van der Waals surface area contributed by atoms with Gasteiger partial charge in [-0.1, -0.05) is 13.8 Å². The minimum Gasteiger partial charge on any atom is -0.394 e. The minimum atomic E-state index is 0.0480. The third-order valence-corrected chi connectivity index (χ3v) is 3.49. The molecule has 0 bridgehead atoms. The van der Waals surface area contributed by atoms with Crippen molar-refractivity contribution in [3.63, 3.8) is 0 Å². The van der Waals surface area contributed by atoms with E-state index in [1.54, 1.807) is 0 Å². The Morgan fingerprint density at radius 1 is 1.33 bits per heavy atom. The van der Waals surface area contributed by atoms with E-state index in [1.165, 1.54) is 6.42 Å². The van der Waals surface area contributed by atoms with Crippen LogP contribution in [0.2, 0.25) is 0 Å². The number of hydrogen-bond donors (Lipinski definition) is 1. The quantitative estimate of drug-likeness (QED) is 0.779. The highest BCUT2D eigenvalue weighted by Gasteiger charge is 2.45. The van der Waals surface area contributed by atoms with Crippen molar-refractivity contribution >= 4 is 0 Å². The predicted octanol–water partition coefficient (Wildman–Crippen LogP) is 2.66. The van der Waals surface area contributed by atoms with Crippen LogP contribution in [0.5, 0.6) is 0 Å². The molecule has 1 rings (SSSR count). The van der Waals surface area contributed by atoms with Gasteiger partial charge in [0.15, 0.2) is 0 Å². The molecular formula is C13H27NO. The molecule has 15 heavy (non-hydrogen) atoms. The van der Waals surface area contributed by atoms with E-state index < -0.39 is 0 Å². The fourth-order valence-electron chi connectivity index (χ4n) is 3.19. The zero-order chi connectivity index (χ0) is 11.7. The van der Waals surface area contributed by atoms with Crippen LogP contribution in [0.25, 0.3) is 0 Å². The Hall–Kier alpha value is -0.0800. The minimum absolute atomic E-state index is 0.0480. The predicted molar refractivity (Wildman–Crippen MR) is 65.0 cm³/mol. The summed E-state index contributed by atoms with van der Waals surface area (Å²) >= 11 is 0. The number of aliphatic hydroxyl groups excluding tert-OH is 1. The summed E-state index contributed by atoms with van der Waals surface area (Å²) < 4.78 is 0. The SMILES string of the molecule is CC(C)CC1(CO)CCCN1C(C)(C)C. The van der Waals surface area contributed by atoms with Gasteiger partial charge in [0.2, 0.25) is 0 Å². The van der Waals surface area contributed by atoms with Gasteiger partial charge < -0.3 is 5.11 Å². The summed E-state index contributed by atoms with van der Waals surface area (Å²) in [5, 5.41) is 9.76. The number of likely N-dealkylation sites (tertiary alicyclic amines) is 1. The molecule has 1 N–H and O–H groups in total. The van der Waals surface area contributed by atoms with E-state index in [4.69, 9.17) is 0 Å². The van der Waals surface area contributed by atoms with Crippen molar-refractivity contribution in [3.8, 4) is 0 Å². The van der Waals surface area contributed by atoms with Crippen LogP contribution < -0.4 is 0 Å². The van der Waals surface area contributed by atoms with Gasteiger partial charge in [-0.25, -0.2) is 0 Å². The summed E-state index contributed by atoms with van der Waals surface area (Å²) in [5.41, 5.74) is 0.223. The van der Waals surface area contributed by atoms with E-state index in [-0.39, 0.29) is 11.1 Å². The molecule has 0 radical (unpaired) electrons. The van der Waals surface area contributed by atoms with Crippen LogP contribution >= 0.6 is 0 Å². The maximum absolute atomic E-state index is 9.76. The Bertz CT molecular complexity index is 207. The molecule has 0 aromatic rings. The molecule has 1 unspecified atom stereocenters. The standard InChI is InChI=1S/C13H27NO/c1-11(2)9-13(10-15)7-6-8-14(13)12(3,4)5/h11,15H,6-10H2,1-5H3. The molecule has 0 aromatic heterocycles. The molecule has 90 valence electrons. The third-order valence-electron chi connectivity index (χ3n) is 3.49. The lowest BCUT2D eigenvalue weighted by molar-refractivity contribution is -0.0109. The van der Waals surface area contributed by atoms with Gasteiger partial charge in [0.1, 0.15) is 0 Å². The third kappa shape index (κ3) is 2.73. The van der Waals surface area contributed by atoms with Gasteiger partial charge in [0.05, 0.1) is 6.61 Å². The van der Waals surface area contributed by atoms with Crippen LogP contribution in [0.4, 0.5) is 0 Å². The average molecular weight is 213 g/mol. The van der Waals surface area contributed by atoms with Crippen molar-refractivity contribution in [1.82, 2.24) is 4.90 Å². The van der Waals surface area contributed by atoms with Crippen LogP contribution in [-0.2, 0) is 0 Å². The lowest BCUT2D eigenvalue weighted by atomic mass is 9.84. The fourth-order valence-corrected chi connectivity index (χ4v) is 3.19. The molecule has 0 aliphatic carbocycles. The van der Waals surface area contributed by atoms with Crippen LogP contribution in [0.15, 0.2) is 0 Å². The maximum atomic E-state index is 9.76. The van der Waals surface area contributed by atoms with E-state index in [0.717, 1.165) is 19.4 Å². The molecule has 2 heteroatoms. The summed E-state index contributed by atoms with van der Waals surface area (Å²) in [6.45, 7) is 12.7. The largest absolute Gasteiger partial charge is 0.394 e. The molecule has 1 aliphatic rings. The zero-order valence-corrected chi connectivity index (χ0v) is 11.0. The second-order valence-electron chi connectivity index (χ2n) is 6.41. The van der Waals surface area contributed by atoms with Gasteiger partial charge in [-0.3, -0.25) is 4.90 Å². The number of aliphatic hydroxyl groups is 1. The van der Waals surface area contributed by atoms with Gasteiger partial charge in [-0.15, -0.1) is 0 Å². The Morgan fingerprint density at radius 3 is 2.33 bits per heavy atom. The first-order valence-electron chi connectivity index (χ1n) is 6.20. The molecule has 0 saturated carbocycles. The molecule has 1 heterocycles. The Labute approximate surface area is 94.7 Å². The van der Waals surface area contributed by atoms with E-state index in [0.29, 0.717) is 12.5 Å². The molecule has 2 nitrogen and oxygen atoms in total. The normalized spacial score (nSPS) is 29.0. The van der Waals surface area contributed by atoms with Crippen LogP contribution in [0, 0.1) is 5.92 Å². The highest BCUT2D eigenvalue weighted by molar-refractivity contribution is 5.00. The summed E-state index contributed by atoms with van der Waals surface area (Å²) in [5.74, 6) is 0.653. The Morgan fingerprint density at radius 2 is 1.93 bits per heavy atom. The van der Waals surface area contributed by atoms with Crippen molar-refractivity contribution < 1.29 is 5.11 Å². The van der Waals surface area contributed by atoms with Gasteiger partial charge in [0, 0.05) is 11.1 Å². The maximum Gasteiger partial charge on any atom is 0.0615 e.